The first-order chi connectivity index (χ1) is 6.75. The van der Waals surface area contributed by atoms with E-state index in [0.717, 1.165) is 13.0 Å². The number of hydrogen-bond acceptors (Lipinski definition) is 2. The summed E-state index contributed by atoms with van der Waals surface area (Å²) >= 11 is 0. The van der Waals surface area contributed by atoms with E-state index in [1.165, 1.54) is 0 Å². The molecule has 0 radical (unpaired) electrons. The lowest BCUT2D eigenvalue weighted by atomic mass is 10.4. The van der Waals surface area contributed by atoms with Crippen LogP contribution in [0.5, 0.6) is 0 Å². The van der Waals surface area contributed by atoms with Crippen LogP contribution in [0.2, 0.25) is 0 Å². The van der Waals surface area contributed by atoms with Gasteiger partial charge in [-0.2, -0.15) is 0 Å². The molecule has 0 aliphatic heterocycles. The Hall–Kier alpha value is -1.29. The van der Waals surface area contributed by atoms with E-state index >= 15 is 0 Å². The molecule has 0 saturated heterocycles. The molecule has 0 amide bonds. The normalized spacial score (nSPS) is 10.4. The summed E-state index contributed by atoms with van der Waals surface area (Å²) in [5, 5.41) is 8.80. The van der Waals surface area contributed by atoms with Gasteiger partial charge in [0, 0.05) is 19.3 Å². The van der Waals surface area contributed by atoms with Crippen LogP contribution in [0.25, 0.3) is 0 Å². The summed E-state index contributed by atoms with van der Waals surface area (Å²) < 4.78 is 6.96. The highest BCUT2D eigenvalue weighted by atomic mass is 16.5. The molecule has 0 aromatic carbocycles. The molecule has 1 aromatic rings. The van der Waals surface area contributed by atoms with E-state index in [0.29, 0.717) is 18.8 Å². The Kier molecular flexibility index (Phi) is 4.19. The van der Waals surface area contributed by atoms with Gasteiger partial charge in [0.25, 0.3) is 0 Å². The van der Waals surface area contributed by atoms with Gasteiger partial charge in [0.15, 0.2) is 0 Å². The van der Waals surface area contributed by atoms with Crippen molar-refractivity contribution < 1.29 is 14.6 Å². The second-order valence-corrected chi connectivity index (χ2v) is 3.00. The number of aromatic carboxylic acids is 1. The molecule has 0 bridgehead atoms. The van der Waals surface area contributed by atoms with Gasteiger partial charge in [-0.05, 0) is 18.6 Å². The molecule has 0 atom stereocenters. The zero-order chi connectivity index (χ0) is 10.4. The average molecular weight is 197 g/mol. The summed E-state index contributed by atoms with van der Waals surface area (Å²) in [7, 11) is 0. The molecular formula is C10H15NO3. The SMILES string of the molecule is CCCOCCn1cccc1C(=O)O. The van der Waals surface area contributed by atoms with Gasteiger partial charge in [-0.3, -0.25) is 0 Å². The van der Waals surface area contributed by atoms with Gasteiger partial charge < -0.3 is 14.4 Å². The smallest absolute Gasteiger partial charge is 0.352 e. The third-order valence-electron chi connectivity index (χ3n) is 1.87. The second-order valence-electron chi connectivity index (χ2n) is 3.00. The van der Waals surface area contributed by atoms with E-state index in [1.54, 1.807) is 22.9 Å². The van der Waals surface area contributed by atoms with E-state index in [9.17, 15) is 4.79 Å². The molecule has 1 aromatic heterocycles. The standard InChI is InChI=1S/C10H15NO3/c1-2-7-14-8-6-11-5-3-4-9(11)10(12)13/h3-5H,2,6-8H2,1H3,(H,12,13). The fraction of sp³-hybridized carbons (Fsp3) is 0.500. The summed E-state index contributed by atoms with van der Waals surface area (Å²) in [6.07, 6.45) is 2.73. The van der Waals surface area contributed by atoms with Crippen molar-refractivity contribution in [1.82, 2.24) is 4.57 Å². The molecule has 0 fully saturated rings. The lowest BCUT2D eigenvalue weighted by Gasteiger charge is -2.06. The maximum absolute atomic E-state index is 10.7. The van der Waals surface area contributed by atoms with Crippen molar-refractivity contribution in [3.05, 3.63) is 24.0 Å². The summed E-state index contributed by atoms with van der Waals surface area (Å²) in [6, 6.07) is 3.31. The van der Waals surface area contributed by atoms with E-state index < -0.39 is 5.97 Å². The Morgan fingerprint density at radius 2 is 2.36 bits per heavy atom. The van der Waals surface area contributed by atoms with Crippen LogP contribution < -0.4 is 0 Å². The number of nitrogens with zero attached hydrogens (tertiary/aromatic N) is 1. The Labute approximate surface area is 83.1 Å². The molecular weight excluding hydrogens is 182 g/mol. The molecule has 4 nitrogen and oxygen atoms in total. The van der Waals surface area contributed by atoms with Gasteiger partial charge in [-0.15, -0.1) is 0 Å². The highest BCUT2D eigenvalue weighted by Crippen LogP contribution is 2.01. The lowest BCUT2D eigenvalue weighted by molar-refractivity contribution is 0.0680. The van der Waals surface area contributed by atoms with Gasteiger partial charge in [-0.1, -0.05) is 6.92 Å². The van der Waals surface area contributed by atoms with Crippen LogP contribution >= 0.6 is 0 Å². The Balaban J connectivity index is 2.42. The largest absolute Gasteiger partial charge is 0.477 e. The average Bonchev–Trinajstić information content (AvgIpc) is 2.60. The van der Waals surface area contributed by atoms with Crippen molar-refractivity contribution in [3.8, 4) is 0 Å². The van der Waals surface area contributed by atoms with Crippen molar-refractivity contribution in [2.24, 2.45) is 0 Å². The van der Waals surface area contributed by atoms with Crippen LogP contribution in [0.1, 0.15) is 23.8 Å². The zero-order valence-corrected chi connectivity index (χ0v) is 8.27. The fourth-order valence-corrected chi connectivity index (χ4v) is 1.21. The lowest BCUT2D eigenvalue weighted by Crippen LogP contribution is -2.11. The van der Waals surface area contributed by atoms with Crippen LogP contribution in [-0.4, -0.2) is 28.9 Å². The van der Waals surface area contributed by atoms with Crippen molar-refractivity contribution in [3.63, 3.8) is 0 Å². The van der Waals surface area contributed by atoms with Crippen LogP contribution in [0, 0.1) is 0 Å². The molecule has 0 saturated carbocycles. The van der Waals surface area contributed by atoms with Crippen molar-refractivity contribution in [1.29, 1.82) is 0 Å². The summed E-state index contributed by atoms with van der Waals surface area (Å²) in [5.74, 6) is -0.898. The van der Waals surface area contributed by atoms with Crippen molar-refractivity contribution >= 4 is 5.97 Å². The Bertz CT molecular complexity index is 293. The van der Waals surface area contributed by atoms with Gasteiger partial charge in [0.05, 0.1) is 6.61 Å². The van der Waals surface area contributed by atoms with Gasteiger partial charge >= 0.3 is 5.97 Å². The summed E-state index contributed by atoms with van der Waals surface area (Å²) in [5.41, 5.74) is 0.310. The number of hydrogen-bond donors (Lipinski definition) is 1. The number of carboxylic acids is 1. The highest BCUT2D eigenvalue weighted by Gasteiger charge is 2.07. The monoisotopic (exact) mass is 197 g/mol. The topological polar surface area (TPSA) is 51.5 Å². The number of carbonyl (C=O) groups is 1. The maximum Gasteiger partial charge on any atom is 0.352 e. The summed E-state index contributed by atoms with van der Waals surface area (Å²) in [4.78, 5) is 10.7. The number of aromatic nitrogens is 1. The molecule has 4 heteroatoms. The first-order valence-electron chi connectivity index (χ1n) is 4.72. The minimum Gasteiger partial charge on any atom is -0.477 e. The number of carboxylic acid groups (broad SMARTS) is 1. The molecule has 0 unspecified atom stereocenters. The second kappa shape index (κ2) is 5.44. The van der Waals surface area contributed by atoms with E-state index in [1.807, 2.05) is 6.92 Å². The third kappa shape index (κ3) is 2.88. The maximum atomic E-state index is 10.7. The molecule has 1 N–H and O–H groups in total. The van der Waals surface area contributed by atoms with E-state index in [2.05, 4.69) is 0 Å². The molecule has 0 aliphatic rings. The summed E-state index contributed by atoms with van der Waals surface area (Å²) in [6.45, 7) is 3.92. The molecule has 1 heterocycles. The van der Waals surface area contributed by atoms with Crippen LogP contribution in [0.3, 0.4) is 0 Å². The first kappa shape index (κ1) is 10.8. The Morgan fingerprint density at radius 1 is 1.57 bits per heavy atom. The molecule has 78 valence electrons. The fourth-order valence-electron chi connectivity index (χ4n) is 1.21. The van der Waals surface area contributed by atoms with Crippen LogP contribution in [-0.2, 0) is 11.3 Å². The first-order valence-corrected chi connectivity index (χ1v) is 4.72. The van der Waals surface area contributed by atoms with Crippen molar-refractivity contribution in [2.45, 2.75) is 19.9 Å². The van der Waals surface area contributed by atoms with E-state index in [4.69, 9.17) is 9.84 Å². The van der Waals surface area contributed by atoms with Crippen LogP contribution in [0.15, 0.2) is 18.3 Å². The van der Waals surface area contributed by atoms with E-state index in [-0.39, 0.29) is 0 Å². The molecule has 14 heavy (non-hydrogen) atoms. The van der Waals surface area contributed by atoms with Crippen molar-refractivity contribution in [2.75, 3.05) is 13.2 Å². The van der Waals surface area contributed by atoms with Crippen LogP contribution in [0.4, 0.5) is 0 Å². The predicted octanol–water partition coefficient (Wildman–Crippen LogP) is 1.61. The third-order valence-corrected chi connectivity index (χ3v) is 1.87. The molecule has 0 aliphatic carbocycles. The zero-order valence-electron chi connectivity index (χ0n) is 8.27. The highest BCUT2D eigenvalue weighted by molar-refractivity contribution is 5.85. The predicted molar refractivity (Wildman–Crippen MR) is 52.5 cm³/mol. The molecule has 0 spiro atoms. The Morgan fingerprint density at radius 3 is 3.00 bits per heavy atom. The number of ether oxygens (including phenoxy) is 1. The van der Waals surface area contributed by atoms with Gasteiger partial charge in [-0.25, -0.2) is 4.79 Å². The quantitative estimate of drug-likeness (QED) is 0.705. The minimum absolute atomic E-state index is 0.310. The molecule has 1 rings (SSSR count). The number of rotatable bonds is 6. The van der Waals surface area contributed by atoms with Gasteiger partial charge in [0.2, 0.25) is 0 Å². The minimum atomic E-state index is -0.898. The van der Waals surface area contributed by atoms with Gasteiger partial charge in [0.1, 0.15) is 5.69 Å².